The molecule has 0 radical (unpaired) electrons. The van der Waals surface area contributed by atoms with E-state index in [4.69, 9.17) is 16.0 Å². The van der Waals surface area contributed by atoms with Crippen LogP contribution in [0.25, 0.3) is 28.0 Å². The predicted octanol–water partition coefficient (Wildman–Crippen LogP) is 5.89. The summed E-state index contributed by atoms with van der Waals surface area (Å²) < 4.78 is 5.75. The van der Waals surface area contributed by atoms with E-state index in [1.54, 1.807) is 29.1 Å². The lowest BCUT2D eigenvalue weighted by Crippen LogP contribution is -2.11. The molecule has 1 N–H and O–H groups in total. The topological polar surface area (TPSA) is 73.0 Å². The molecular weight excluding hydrogens is 412 g/mol. The molecule has 1 amide bonds. The Morgan fingerprint density at radius 3 is 2.48 bits per heavy atom. The van der Waals surface area contributed by atoms with E-state index in [2.05, 4.69) is 15.5 Å². The smallest absolute Gasteiger partial charge is 0.291 e. The Hall–Kier alpha value is -3.90. The molecule has 0 aliphatic carbocycles. The van der Waals surface area contributed by atoms with Gasteiger partial charge in [-0.25, -0.2) is 0 Å². The third kappa shape index (κ3) is 3.81. The van der Waals surface area contributed by atoms with Crippen molar-refractivity contribution in [2.45, 2.75) is 6.92 Å². The lowest BCUT2D eigenvalue weighted by molar-refractivity contribution is 0.0997. The van der Waals surface area contributed by atoms with E-state index in [1.807, 2.05) is 61.5 Å². The number of hydrogen-bond acceptors (Lipinski definition) is 4. The molecular formula is C24H17ClN4O2. The zero-order chi connectivity index (χ0) is 21.4. The summed E-state index contributed by atoms with van der Waals surface area (Å²) >= 11 is 6.04. The molecule has 152 valence electrons. The van der Waals surface area contributed by atoms with Crippen molar-refractivity contribution in [1.29, 1.82) is 0 Å². The van der Waals surface area contributed by atoms with Crippen LogP contribution in [0.15, 0.2) is 83.3 Å². The number of nitrogens with one attached hydrogen (secondary N) is 1. The van der Waals surface area contributed by atoms with E-state index < -0.39 is 0 Å². The highest BCUT2D eigenvalue weighted by Gasteiger charge is 2.15. The summed E-state index contributed by atoms with van der Waals surface area (Å²) in [5.41, 5.74) is 4.64. The van der Waals surface area contributed by atoms with Crippen molar-refractivity contribution in [2.75, 3.05) is 5.32 Å². The monoisotopic (exact) mass is 428 g/mol. The second kappa shape index (κ2) is 7.74. The van der Waals surface area contributed by atoms with Crippen molar-refractivity contribution in [3.63, 3.8) is 0 Å². The maximum Gasteiger partial charge on any atom is 0.291 e. The minimum absolute atomic E-state index is 0.211. The summed E-state index contributed by atoms with van der Waals surface area (Å²) in [5, 5.41) is 12.6. The van der Waals surface area contributed by atoms with Gasteiger partial charge in [-0.05, 0) is 61.0 Å². The number of benzene rings is 3. The normalized spacial score (nSPS) is 11.0. The van der Waals surface area contributed by atoms with Gasteiger partial charge in [0.2, 0.25) is 0 Å². The van der Waals surface area contributed by atoms with Crippen LogP contribution in [0.5, 0.6) is 0 Å². The Bertz CT molecular complexity index is 1410. The molecule has 5 aromatic rings. The lowest BCUT2D eigenvalue weighted by Gasteiger charge is -2.06. The van der Waals surface area contributed by atoms with Gasteiger partial charge in [0.25, 0.3) is 5.91 Å². The van der Waals surface area contributed by atoms with Gasteiger partial charge in [-0.15, -0.1) is 10.2 Å². The van der Waals surface area contributed by atoms with Gasteiger partial charge >= 0.3 is 0 Å². The number of hydrogen-bond donors (Lipinski definition) is 1. The van der Waals surface area contributed by atoms with Gasteiger partial charge < -0.3 is 9.73 Å². The van der Waals surface area contributed by atoms with Gasteiger partial charge in [-0.3, -0.25) is 4.79 Å². The highest BCUT2D eigenvalue weighted by atomic mass is 35.5. The van der Waals surface area contributed by atoms with E-state index >= 15 is 0 Å². The first-order valence-corrected chi connectivity index (χ1v) is 10.0. The van der Waals surface area contributed by atoms with Crippen molar-refractivity contribution in [1.82, 2.24) is 15.0 Å². The van der Waals surface area contributed by atoms with Crippen LogP contribution < -0.4 is 5.32 Å². The fourth-order valence-corrected chi connectivity index (χ4v) is 3.51. The minimum Gasteiger partial charge on any atom is -0.451 e. The molecule has 0 aliphatic rings. The number of para-hydroxylation sites is 1. The third-order valence-electron chi connectivity index (χ3n) is 4.90. The van der Waals surface area contributed by atoms with E-state index in [0.717, 1.165) is 22.3 Å². The van der Waals surface area contributed by atoms with E-state index in [9.17, 15) is 4.79 Å². The van der Waals surface area contributed by atoms with Crippen molar-refractivity contribution < 1.29 is 9.21 Å². The zero-order valence-electron chi connectivity index (χ0n) is 16.5. The summed E-state index contributed by atoms with van der Waals surface area (Å²) in [4.78, 5) is 14.4. The molecule has 0 saturated carbocycles. The summed E-state index contributed by atoms with van der Waals surface area (Å²) in [6.45, 7) is 1.91. The van der Waals surface area contributed by atoms with Crippen molar-refractivity contribution in [2.24, 2.45) is 0 Å². The van der Waals surface area contributed by atoms with Crippen molar-refractivity contribution >= 4 is 34.2 Å². The molecule has 7 heteroatoms. The fraction of sp³-hybridized carbons (Fsp3) is 0.0417. The summed E-state index contributed by atoms with van der Waals surface area (Å²) in [6, 6.07) is 24.1. The number of aryl methyl sites for hydroxylation is 1. The number of halogens is 1. The van der Waals surface area contributed by atoms with Crippen LogP contribution >= 0.6 is 11.6 Å². The predicted molar refractivity (Wildman–Crippen MR) is 121 cm³/mol. The SMILES string of the molecule is Cc1cc2nn(-c3ccccc3)nc2cc1NC(=O)c1ccc(-c2cccc(Cl)c2)o1. The minimum atomic E-state index is -0.342. The highest BCUT2D eigenvalue weighted by Crippen LogP contribution is 2.26. The van der Waals surface area contributed by atoms with E-state index in [-0.39, 0.29) is 11.7 Å². The van der Waals surface area contributed by atoms with Crippen molar-refractivity contribution in [3.05, 3.63) is 95.2 Å². The number of rotatable bonds is 4. The first kappa shape index (κ1) is 19.1. The number of carbonyl (C=O) groups is 1. The number of fused-ring (bicyclic) bond motifs is 1. The molecule has 6 nitrogen and oxygen atoms in total. The maximum absolute atomic E-state index is 12.8. The molecule has 0 bridgehead atoms. The molecule has 0 saturated heterocycles. The van der Waals surface area contributed by atoms with Crippen LogP contribution in [0.1, 0.15) is 16.1 Å². The molecule has 3 aromatic carbocycles. The van der Waals surface area contributed by atoms with Gasteiger partial charge in [0.05, 0.1) is 5.69 Å². The van der Waals surface area contributed by atoms with E-state index in [1.165, 1.54) is 0 Å². The van der Waals surface area contributed by atoms with Crippen LogP contribution in [0.4, 0.5) is 5.69 Å². The molecule has 0 aliphatic heterocycles. The first-order valence-electron chi connectivity index (χ1n) is 9.67. The second-order valence-corrected chi connectivity index (χ2v) is 7.55. The molecule has 31 heavy (non-hydrogen) atoms. The fourth-order valence-electron chi connectivity index (χ4n) is 3.32. The maximum atomic E-state index is 12.8. The van der Waals surface area contributed by atoms with Crippen molar-refractivity contribution in [3.8, 4) is 17.0 Å². The summed E-state index contributed by atoms with van der Waals surface area (Å²) in [7, 11) is 0. The number of anilines is 1. The average molecular weight is 429 g/mol. The third-order valence-corrected chi connectivity index (χ3v) is 5.14. The molecule has 0 atom stereocenters. The highest BCUT2D eigenvalue weighted by molar-refractivity contribution is 6.30. The summed E-state index contributed by atoms with van der Waals surface area (Å²) in [5.74, 6) is 0.444. The number of nitrogens with zero attached hydrogens (tertiary/aromatic N) is 3. The molecule has 0 unspecified atom stereocenters. The average Bonchev–Trinajstić information content (AvgIpc) is 3.42. The Morgan fingerprint density at radius 1 is 0.935 bits per heavy atom. The Morgan fingerprint density at radius 2 is 1.71 bits per heavy atom. The van der Waals surface area contributed by atoms with Crippen LogP contribution in [0, 0.1) is 6.92 Å². The zero-order valence-corrected chi connectivity index (χ0v) is 17.3. The molecule has 0 spiro atoms. The van der Waals surface area contributed by atoms with E-state index in [0.29, 0.717) is 22.0 Å². The standard InChI is InChI=1S/C24H17ClN4O2/c1-15-12-20-21(28-29(27-20)18-8-3-2-4-9-18)14-19(15)26-24(30)23-11-10-22(31-23)16-6-5-7-17(25)13-16/h2-14H,1H3,(H,26,30). The van der Waals surface area contributed by atoms with Gasteiger partial charge in [0.1, 0.15) is 16.8 Å². The largest absolute Gasteiger partial charge is 0.451 e. The Balaban J connectivity index is 1.41. The first-order chi connectivity index (χ1) is 15.1. The lowest BCUT2D eigenvalue weighted by atomic mass is 10.1. The second-order valence-electron chi connectivity index (χ2n) is 7.11. The van der Waals surface area contributed by atoms with Gasteiger partial charge in [-0.1, -0.05) is 41.9 Å². The van der Waals surface area contributed by atoms with Crippen LogP contribution in [0.2, 0.25) is 5.02 Å². The molecule has 5 rings (SSSR count). The van der Waals surface area contributed by atoms with Crippen LogP contribution in [-0.2, 0) is 0 Å². The number of amides is 1. The Labute approximate surface area is 183 Å². The quantitative estimate of drug-likeness (QED) is 0.387. The number of furan rings is 1. The van der Waals surface area contributed by atoms with Crippen LogP contribution in [0.3, 0.4) is 0 Å². The summed E-state index contributed by atoms with van der Waals surface area (Å²) in [6.07, 6.45) is 0. The van der Waals surface area contributed by atoms with Gasteiger partial charge in [0.15, 0.2) is 5.76 Å². The van der Waals surface area contributed by atoms with Gasteiger partial charge in [-0.2, -0.15) is 4.80 Å². The molecule has 2 heterocycles. The number of carbonyl (C=O) groups excluding carboxylic acids is 1. The molecule has 0 fully saturated rings. The van der Waals surface area contributed by atoms with Gasteiger partial charge in [0, 0.05) is 16.3 Å². The molecule has 2 aromatic heterocycles. The van der Waals surface area contributed by atoms with Crippen LogP contribution in [-0.4, -0.2) is 20.9 Å². The number of aromatic nitrogens is 3. The Kier molecular flexibility index (Phi) is 4.76.